The van der Waals surface area contributed by atoms with Crippen molar-refractivity contribution < 1.29 is 14.0 Å². The van der Waals surface area contributed by atoms with Crippen LogP contribution in [0.4, 0.5) is 5.69 Å². The zero-order chi connectivity index (χ0) is 25.8. The number of carbonyl (C=O) groups is 2. The summed E-state index contributed by atoms with van der Waals surface area (Å²) in [5.41, 5.74) is 4.75. The molecule has 37 heavy (non-hydrogen) atoms. The molecule has 1 N–H and O–H groups in total. The third-order valence-corrected chi connectivity index (χ3v) is 6.29. The molecule has 0 aliphatic carbocycles. The highest BCUT2D eigenvalue weighted by Gasteiger charge is 2.33. The van der Waals surface area contributed by atoms with E-state index in [9.17, 15) is 9.59 Å². The zero-order valence-corrected chi connectivity index (χ0v) is 20.5. The van der Waals surface area contributed by atoms with Crippen molar-refractivity contribution in [1.29, 1.82) is 0 Å². The lowest BCUT2D eigenvalue weighted by Crippen LogP contribution is -2.45. The lowest BCUT2D eigenvalue weighted by Gasteiger charge is -2.32. The zero-order valence-electron chi connectivity index (χ0n) is 20.5. The molecule has 3 heterocycles. The number of pyridine rings is 1. The minimum atomic E-state index is -0.956. The maximum absolute atomic E-state index is 14.0. The van der Waals surface area contributed by atoms with E-state index in [1.54, 1.807) is 47.6 Å². The number of carbonyl (C=O) groups excluding carboxylic acids is 2. The average molecular weight is 495 g/mol. The van der Waals surface area contributed by atoms with Gasteiger partial charge in [-0.15, -0.1) is 5.10 Å². The Labute approximate surface area is 213 Å². The molecule has 3 aromatic heterocycles. The van der Waals surface area contributed by atoms with Crippen molar-refractivity contribution in [3.8, 4) is 0 Å². The van der Waals surface area contributed by atoms with Gasteiger partial charge in [-0.25, -0.2) is 4.68 Å². The summed E-state index contributed by atoms with van der Waals surface area (Å²) in [5, 5.41) is 11.3. The van der Waals surface area contributed by atoms with Gasteiger partial charge in [0.2, 0.25) is 11.8 Å². The number of para-hydroxylation sites is 1. The number of anilines is 1. The number of amides is 2. The molecule has 0 fully saturated rings. The van der Waals surface area contributed by atoms with Crippen LogP contribution in [0.5, 0.6) is 0 Å². The molecule has 1 unspecified atom stereocenters. The standard InChI is InChI=1S/C28H26N6O3/c1-19-9-10-22(16-20(19)2)34(26(35)18-33-25-8-4-3-7-24(25)31-32-33)27(21-11-13-29-14-12-21)28(36)30-17-23-6-5-15-37-23/h3-16,27H,17-18H2,1-2H3,(H,30,36). The number of benzene rings is 2. The number of fused-ring (bicyclic) bond motifs is 1. The van der Waals surface area contributed by atoms with Crippen LogP contribution in [-0.4, -0.2) is 31.8 Å². The summed E-state index contributed by atoms with van der Waals surface area (Å²) in [5.74, 6) is -0.0496. The number of furan rings is 1. The Balaban J connectivity index is 1.56. The number of nitrogens with one attached hydrogen (secondary N) is 1. The van der Waals surface area contributed by atoms with E-state index in [1.165, 1.54) is 4.90 Å². The predicted molar refractivity (Wildman–Crippen MR) is 138 cm³/mol. The number of aryl methyl sites for hydroxylation is 2. The molecule has 0 aliphatic rings. The summed E-state index contributed by atoms with van der Waals surface area (Å²) in [7, 11) is 0. The molecule has 0 radical (unpaired) electrons. The minimum Gasteiger partial charge on any atom is -0.467 e. The van der Waals surface area contributed by atoms with Gasteiger partial charge in [0.05, 0.1) is 18.3 Å². The highest BCUT2D eigenvalue weighted by molar-refractivity contribution is 6.01. The SMILES string of the molecule is Cc1ccc(N(C(=O)Cn2nnc3ccccc32)C(C(=O)NCc2ccco2)c2ccncc2)cc1C. The van der Waals surface area contributed by atoms with Crippen LogP contribution in [0.15, 0.2) is 89.8 Å². The predicted octanol–water partition coefficient (Wildman–Crippen LogP) is 4.13. The van der Waals surface area contributed by atoms with Gasteiger partial charge in [-0.1, -0.05) is 23.4 Å². The van der Waals surface area contributed by atoms with Crippen molar-refractivity contribution in [3.63, 3.8) is 0 Å². The fraction of sp³-hybridized carbons (Fsp3) is 0.179. The summed E-state index contributed by atoms with van der Waals surface area (Å²) >= 11 is 0. The smallest absolute Gasteiger partial charge is 0.249 e. The van der Waals surface area contributed by atoms with Crippen molar-refractivity contribution in [1.82, 2.24) is 25.3 Å². The average Bonchev–Trinajstić information content (AvgIpc) is 3.58. The third-order valence-electron chi connectivity index (χ3n) is 6.29. The molecule has 0 aliphatic heterocycles. The second-order valence-electron chi connectivity index (χ2n) is 8.75. The van der Waals surface area contributed by atoms with Crippen LogP contribution in [0.25, 0.3) is 11.0 Å². The Morgan fingerprint density at radius 1 is 1.00 bits per heavy atom. The summed E-state index contributed by atoms with van der Waals surface area (Å²) in [6.45, 7) is 4.07. The van der Waals surface area contributed by atoms with E-state index in [4.69, 9.17) is 4.42 Å². The van der Waals surface area contributed by atoms with Crippen molar-refractivity contribution in [2.75, 3.05) is 4.90 Å². The molecule has 2 aromatic carbocycles. The molecule has 0 saturated carbocycles. The largest absolute Gasteiger partial charge is 0.467 e. The third kappa shape index (κ3) is 5.11. The topological polar surface area (TPSA) is 106 Å². The van der Waals surface area contributed by atoms with E-state index in [1.807, 2.05) is 56.3 Å². The van der Waals surface area contributed by atoms with Gasteiger partial charge in [0, 0.05) is 18.1 Å². The number of nitrogens with zero attached hydrogens (tertiary/aromatic N) is 5. The summed E-state index contributed by atoms with van der Waals surface area (Å²) in [6.07, 6.45) is 4.77. The quantitative estimate of drug-likeness (QED) is 0.348. The van der Waals surface area contributed by atoms with E-state index in [-0.39, 0.29) is 24.9 Å². The molecule has 2 amide bonds. The first kappa shape index (κ1) is 23.9. The lowest BCUT2D eigenvalue weighted by molar-refractivity contribution is -0.127. The first-order valence-corrected chi connectivity index (χ1v) is 11.9. The van der Waals surface area contributed by atoms with Gasteiger partial charge in [0.25, 0.3) is 0 Å². The van der Waals surface area contributed by atoms with Gasteiger partial charge >= 0.3 is 0 Å². The Morgan fingerprint density at radius 2 is 1.81 bits per heavy atom. The summed E-state index contributed by atoms with van der Waals surface area (Å²) in [4.78, 5) is 33.4. The Bertz CT molecular complexity index is 1530. The van der Waals surface area contributed by atoms with Gasteiger partial charge in [0.15, 0.2) is 0 Å². The van der Waals surface area contributed by atoms with Gasteiger partial charge in [0.1, 0.15) is 23.9 Å². The van der Waals surface area contributed by atoms with Crippen LogP contribution < -0.4 is 10.2 Å². The molecule has 5 aromatic rings. The van der Waals surface area contributed by atoms with Crippen LogP contribution in [0, 0.1) is 13.8 Å². The van der Waals surface area contributed by atoms with Gasteiger partial charge in [-0.3, -0.25) is 19.5 Å². The normalized spacial score (nSPS) is 11.8. The van der Waals surface area contributed by atoms with Crippen LogP contribution in [-0.2, 0) is 22.7 Å². The van der Waals surface area contributed by atoms with E-state index < -0.39 is 6.04 Å². The molecule has 0 spiro atoms. The Hall–Kier alpha value is -4.79. The fourth-order valence-electron chi connectivity index (χ4n) is 4.20. The van der Waals surface area contributed by atoms with E-state index in [0.717, 1.165) is 16.6 Å². The molecule has 0 saturated heterocycles. The van der Waals surface area contributed by atoms with Gasteiger partial charge in [-0.05, 0) is 79.1 Å². The molecule has 0 bridgehead atoms. The van der Waals surface area contributed by atoms with Gasteiger partial charge in [-0.2, -0.15) is 0 Å². The second kappa shape index (κ2) is 10.4. The summed E-state index contributed by atoms with van der Waals surface area (Å²) < 4.78 is 6.93. The first-order chi connectivity index (χ1) is 18.0. The number of aromatic nitrogens is 4. The maximum atomic E-state index is 14.0. The van der Waals surface area contributed by atoms with Crippen LogP contribution in [0.2, 0.25) is 0 Å². The maximum Gasteiger partial charge on any atom is 0.249 e. The second-order valence-corrected chi connectivity index (χ2v) is 8.75. The number of rotatable bonds is 8. The fourth-order valence-corrected chi connectivity index (χ4v) is 4.20. The van der Waals surface area contributed by atoms with Crippen molar-refractivity contribution in [2.45, 2.75) is 33.0 Å². The monoisotopic (exact) mass is 494 g/mol. The van der Waals surface area contributed by atoms with Crippen LogP contribution >= 0.6 is 0 Å². The van der Waals surface area contributed by atoms with Crippen LogP contribution in [0.3, 0.4) is 0 Å². The molecule has 186 valence electrons. The number of hydrogen-bond donors (Lipinski definition) is 1. The van der Waals surface area contributed by atoms with Gasteiger partial charge < -0.3 is 9.73 Å². The lowest BCUT2D eigenvalue weighted by atomic mass is 10.0. The number of hydrogen-bond acceptors (Lipinski definition) is 6. The van der Waals surface area contributed by atoms with Crippen molar-refractivity contribution in [2.24, 2.45) is 0 Å². The first-order valence-electron chi connectivity index (χ1n) is 11.9. The molecular formula is C28H26N6O3. The molecule has 9 nitrogen and oxygen atoms in total. The van der Waals surface area contributed by atoms with Crippen molar-refractivity contribution >= 4 is 28.5 Å². The highest BCUT2D eigenvalue weighted by Crippen LogP contribution is 2.30. The Kier molecular flexibility index (Phi) is 6.76. The van der Waals surface area contributed by atoms with Crippen molar-refractivity contribution in [3.05, 3.63) is 108 Å². The molecule has 1 atom stereocenters. The molecule has 5 rings (SSSR count). The highest BCUT2D eigenvalue weighted by atomic mass is 16.3. The van der Waals surface area contributed by atoms with E-state index >= 15 is 0 Å². The van der Waals surface area contributed by atoms with E-state index in [2.05, 4.69) is 20.6 Å². The Morgan fingerprint density at radius 3 is 2.57 bits per heavy atom. The minimum absolute atomic E-state index is 0.0967. The summed E-state index contributed by atoms with van der Waals surface area (Å²) in [6, 6.07) is 19.2. The van der Waals surface area contributed by atoms with Crippen LogP contribution in [0.1, 0.15) is 28.5 Å². The molecular weight excluding hydrogens is 468 g/mol. The molecule has 9 heteroatoms. The van der Waals surface area contributed by atoms with E-state index in [0.29, 0.717) is 22.5 Å².